The average molecular weight is 627 g/mol. The molecule has 5 N–H and O–H groups in total. The number of nitrogens with one attached hydrogen (secondary N) is 3. The van der Waals surface area contributed by atoms with Crippen LogP contribution < -0.4 is 16.0 Å². The van der Waals surface area contributed by atoms with E-state index in [2.05, 4.69) is 16.0 Å². The molecular formula is C31H39Cl2F2N3O4. The molecular weight excluding hydrogens is 587 g/mol. The highest BCUT2D eigenvalue weighted by atomic mass is 35.5. The van der Waals surface area contributed by atoms with Crippen LogP contribution in [-0.2, 0) is 15.0 Å². The van der Waals surface area contributed by atoms with E-state index in [0.717, 1.165) is 6.42 Å². The smallest absolute Gasteiger partial charge is 0.237 e. The first-order valence-corrected chi connectivity index (χ1v) is 15.1. The average Bonchev–Trinajstić information content (AvgIpc) is 3.39. The number of fused-ring (bicyclic) bond motifs is 2. The third kappa shape index (κ3) is 6.31. The van der Waals surface area contributed by atoms with Gasteiger partial charge in [0.05, 0.1) is 28.8 Å². The number of hydrogen-bond donors (Lipinski definition) is 5. The van der Waals surface area contributed by atoms with Gasteiger partial charge in [0.15, 0.2) is 0 Å². The minimum absolute atomic E-state index is 0.0795. The molecule has 0 aliphatic carbocycles. The summed E-state index contributed by atoms with van der Waals surface area (Å²) in [4.78, 5) is 28.1. The van der Waals surface area contributed by atoms with Crippen LogP contribution in [-0.4, -0.2) is 53.4 Å². The van der Waals surface area contributed by atoms with Crippen LogP contribution in [0.15, 0.2) is 30.3 Å². The van der Waals surface area contributed by atoms with Gasteiger partial charge in [0.2, 0.25) is 11.8 Å². The Morgan fingerprint density at radius 1 is 1.14 bits per heavy atom. The SMILES string of the molecule is CCC(CCNC(=O)[C@@H]1N[C@H](CC(C)(C)C)[C@]2(C(=O)Nc3cc(Cl)c(F)cc32)[C@H]1c1ccc(F)c(Cl)c1)C[C@H](O)CO. The second-order valence-corrected chi connectivity index (χ2v) is 13.5. The summed E-state index contributed by atoms with van der Waals surface area (Å²) >= 11 is 12.3. The quantitative estimate of drug-likeness (QED) is 0.246. The van der Waals surface area contributed by atoms with E-state index in [1.807, 2.05) is 27.7 Å². The fourth-order valence-electron chi connectivity index (χ4n) is 6.60. The minimum atomic E-state index is -1.44. The Balaban J connectivity index is 1.79. The van der Waals surface area contributed by atoms with Gasteiger partial charge in [0.1, 0.15) is 17.0 Å². The van der Waals surface area contributed by atoms with E-state index in [4.69, 9.17) is 23.2 Å². The lowest BCUT2D eigenvalue weighted by Gasteiger charge is -2.37. The van der Waals surface area contributed by atoms with Gasteiger partial charge < -0.3 is 26.2 Å². The van der Waals surface area contributed by atoms with Crippen molar-refractivity contribution < 1.29 is 28.6 Å². The zero-order valence-corrected chi connectivity index (χ0v) is 25.8. The summed E-state index contributed by atoms with van der Waals surface area (Å²) in [6, 6.07) is 5.21. The molecule has 6 atom stereocenters. The molecule has 2 aromatic carbocycles. The molecule has 42 heavy (non-hydrogen) atoms. The maximum absolute atomic E-state index is 15.0. The molecule has 0 saturated carbocycles. The molecule has 1 fully saturated rings. The van der Waals surface area contributed by atoms with Crippen molar-refractivity contribution in [1.82, 2.24) is 10.6 Å². The molecule has 1 spiro atoms. The number of hydrogen-bond acceptors (Lipinski definition) is 5. The Hall–Kier alpha value is -2.30. The molecule has 0 bridgehead atoms. The van der Waals surface area contributed by atoms with E-state index in [-0.39, 0.29) is 33.9 Å². The van der Waals surface area contributed by atoms with Gasteiger partial charge in [-0.05, 0) is 66.0 Å². The molecule has 230 valence electrons. The van der Waals surface area contributed by atoms with Gasteiger partial charge in [0.25, 0.3) is 0 Å². The summed E-state index contributed by atoms with van der Waals surface area (Å²) in [5.41, 5.74) is -0.535. The van der Waals surface area contributed by atoms with E-state index < -0.39 is 47.1 Å². The number of amides is 2. The van der Waals surface area contributed by atoms with Crippen LogP contribution >= 0.6 is 23.2 Å². The molecule has 4 rings (SSSR count). The molecule has 0 aromatic heterocycles. The molecule has 1 unspecified atom stereocenters. The maximum atomic E-state index is 15.0. The van der Waals surface area contributed by atoms with Gasteiger partial charge in [0, 0.05) is 24.2 Å². The molecule has 2 aliphatic heterocycles. The first-order valence-electron chi connectivity index (χ1n) is 14.3. The number of carbonyl (C=O) groups is 2. The van der Waals surface area contributed by atoms with Crippen LogP contribution in [0.4, 0.5) is 14.5 Å². The highest BCUT2D eigenvalue weighted by Crippen LogP contribution is 2.57. The van der Waals surface area contributed by atoms with Gasteiger partial charge in [-0.2, -0.15) is 0 Å². The van der Waals surface area contributed by atoms with Crippen molar-refractivity contribution in [2.75, 3.05) is 18.5 Å². The van der Waals surface area contributed by atoms with Crippen molar-refractivity contribution in [1.29, 1.82) is 0 Å². The second-order valence-electron chi connectivity index (χ2n) is 12.7. The number of rotatable bonds is 10. The van der Waals surface area contributed by atoms with Gasteiger partial charge in [-0.15, -0.1) is 0 Å². The molecule has 2 amide bonds. The van der Waals surface area contributed by atoms with Crippen LogP contribution in [0.25, 0.3) is 0 Å². The highest BCUT2D eigenvalue weighted by molar-refractivity contribution is 6.31. The Morgan fingerprint density at radius 3 is 2.45 bits per heavy atom. The summed E-state index contributed by atoms with van der Waals surface area (Å²) in [7, 11) is 0. The summed E-state index contributed by atoms with van der Waals surface area (Å²) in [6.45, 7) is 7.99. The number of benzene rings is 2. The van der Waals surface area contributed by atoms with Crippen molar-refractivity contribution in [3.8, 4) is 0 Å². The molecule has 0 radical (unpaired) electrons. The van der Waals surface area contributed by atoms with Crippen LogP contribution in [0.3, 0.4) is 0 Å². The molecule has 1 saturated heterocycles. The number of halogens is 4. The molecule has 2 heterocycles. The molecule has 11 heteroatoms. The Morgan fingerprint density at radius 2 is 1.83 bits per heavy atom. The van der Waals surface area contributed by atoms with Crippen LogP contribution in [0.5, 0.6) is 0 Å². The second kappa shape index (κ2) is 12.7. The minimum Gasteiger partial charge on any atom is -0.394 e. The lowest BCUT2D eigenvalue weighted by atomic mass is 9.62. The topological polar surface area (TPSA) is 111 Å². The standard InChI is InChI=1S/C31H39Cl2F2N3O4/c1-5-16(10-18(40)15-39)8-9-36-28(41)27-26(17-6-7-22(34)20(32)11-17)31(25(38-27)14-30(2,3)4)19-12-23(35)21(33)13-24(19)37-29(31)42/h6-7,11-13,16,18,25-27,38-40H,5,8-10,14-15H2,1-4H3,(H,36,41)(H,37,42)/t16?,18-,25+,26-,27+,31-/m0/s1. The molecule has 2 aromatic rings. The maximum Gasteiger partial charge on any atom is 0.237 e. The summed E-state index contributed by atoms with van der Waals surface area (Å²) in [5, 5.41) is 28.1. The number of carbonyl (C=O) groups excluding carboxylic acids is 2. The summed E-state index contributed by atoms with van der Waals surface area (Å²) < 4.78 is 29.3. The highest BCUT2D eigenvalue weighted by Gasteiger charge is 2.66. The molecule has 7 nitrogen and oxygen atoms in total. The van der Waals surface area contributed by atoms with E-state index >= 15 is 4.39 Å². The zero-order chi connectivity index (χ0) is 31.0. The third-order valence-corrected chi connectivity index (χ3v) is 9.11. The van der Waals surface area contributed by atoms with Gasteiger partial charge in [-0.1, -0.05) is 63.4 Å². The monoisotopic (exact) mass is 625 g/mol. The van der Waals surface area contributed by atoms with Crippen molar-refractivity contribution in [3.05, 3.63) is 63.1 Å². The van der Waals surface area contributed by atoms with Gasteiger partial charge >= 0.3 is 0 Å². The van der Waals surface area contributed by atoms with E-state index in [0.29, 0.717) is 42.6 Å². The third-order valence-electron chi connectivity index (χ3n) is 8.53. The van der Waals surface area contributed by atoms with Gasteiger partial charge in [-0.3, -0.25) is 9.59 Å². The largest absolute Gasteiger partial charge is 0.394 e. The Bertz CT molecular complexity index is 1340. The van der Waals surface area contributed by atoms with Crippen molar-refractivity contribution in [2.45, 2.75) is 82.9 Å². The van der Waals surface area contributed by atoms with E-state index in [1.165, 1.54) is 30.3 Å². The molecule has 2 aliphatic rings. The number of anilines is 1. The Labute approximate surface area is 255 Å². The van der Waals surface area contributed by atoms with Crippen LogP contribution in [0, 0.1) is 23.0 Å². The van der Waals surface area contributed by atoms with Crippen molar-refractivity contribution >= 4 is 40.7 Å². The fourth-order valence-corrected chi connectivity index (χ4v) is 6.95. The lowest BCUT2D eigenvalue weighted by Crippen LogP contribution is -2.49. The van der Waals surface area contributed by atoms with Crippen LogP contribution in [0.2, 0.25) is 10.0 Å². The zero-order valence-electron chi connectivity index (χ0n) is 24.2. The first kappa shape index (κ1) is 32.6. The van der Waals surface area contributed by atoms with E-state index in [1.54, 1.807) is 0 Å². The lowest BCUT2D eigenvalue weighted by molar-refractivity contribution is -0.123. The van der Waals surface area contributed by atoms with Crippen molar-refractivity contribution in [2.24, 2.45) is 11.3 Å². The fraction of sp³-hybridized carbons (Fsp3) is 0.548. The predicted molar refractivity (Wildman–Crippen MR) is 160 cm³/mol. The van der Waals surface area contributed by atoms with Crippen molar-refractivity contribution in [3.63, 3.8) is 0 Å². The number of aliphatic hydroxyl groups is 2. The summed E-state index contributed by atoms with van der Waals surface area (Å²) in [5.74, 6) is -2.91. The summed E-state index contributed by atoms with van der Waals surface area (Å²) in [6.07, 6.45) is 1.36. The normalized spacial score (nSPS) is 24.9. The first-order chi connectivity index (χ1) is 19.7. The van der Waals surface area contributed by atoms with E-state index in [9.17, 15) is 24.2 Å². The Kier molecular flexibility index (Phi) is 9.89. The number of aliphatic hydroxyl groups excluding tert-OH is 2. The van der Waals surface area contributed by atoms with Crippen LogP contribution in [0.1, 0.15) is 70.4 Å². The van der Waals surface area contributed by atoms with Gasteiger partial charge in [-0.25, -0.2) is 8.78 Å². The predicted octanol–water partition coefficient (Wildman–Crippen LogP) is 5.30.